The van der Waals surface area contributed by atoms with E-state index in [9.17, 15) is 4.79 Å². The lowest BCUT2D eigenvalue weighted by Crippen LogP contribution is -2.38. The summed E-state index contributed by atoms with van der Waals surface area (Å²) in [5.74, 6) is 1.63. The van der Waals surface area contributed by atoms with Gasteiger partial charge in [0.2, 0.25) is 5.91 Å². The van der Waals surface area contributed by atoms with Crippen molar-refractivity contribution in [3.8, 4) is 0 Å². The number of aryl methyl sites for hydroxylation is 2. The van der Waals surface area contributed by atoms with Crippen LogP contribution in [-0.4, -0.2) is 30.1 Å². The van der Waals surface area contributed by atoms with Gasteiger partial charge in [-0.1, -0.05) is 31.1 Å². The number of amides is 1. The zero-order valence-electron chi connectivity index (χ0n) is 17.3. The van der Waals surface area contributed by atoms with Gasteiger partial charge in [-0.2, -0.15) is 0 Å². The number of rotatable bonds is 9. The van der Waals surface area contributed by atoms with Gasteiger partial charge < -0.3 is 20.5 Å². The number of aliphatic imine (C=N–C) groups is 1. The SMILES string of the molecule is CCNC(=NCc1c(CC)noc1CC)NCCc1ccc(NC(C)=O)cc1. The lowest BCUT2D eigenvalue weighted by Gasteiger charge is -2.12. The molecule has 0 spiro atoms. The number of hydrogen-bond acceptors (Lipinski definition) is 4. The zero-order chi connectivity index (χ0) is 20.4. The smallest absolute Gasteiger partial charge is 0.221 e. The first-order valence-electron chi connectivity index (χ1n) is 9.92. The van der Waals surface area contributed by atoms with Gasteiger partial charge in [-0.15, -0.1) is 0 Å². The van der Waals surface area contributed by atoms with E-state index in [1.54, 1.807) is 0 Å². The summed E-state index contributed by atoms with van der Waals surface area (Å²) in [7, 11) is 0. The van der Waals surface area contributed by atoms with E-state index in [0.717, 1.165) is 61.0 Å². The molecule has 7 heteroatoms. The zero-order valence-corrected chi connectivity index (χ0v) is 17.3. The molecule has 3 N–H and O–H groups in total. The van der Waals surface area contributed by atoms with Gasteiger partial charge in [0.05, 0.1) is 12.2 Å². The Hall–Kier alpha value is -2.83. The summed E-state index contributed by atoms with van der Waals surface area (Å²) in [6, 6.07) is 7.88. The Morgan fingerprint density at radius 2 is 1.86 bits per heavy atom. The Labute approximate surface area is 167 Å². The number of hydrogen-bond donors (Lipinski definition) is 3. The summed E-state index contributed by atoms with van der Waals surface area (Å²) in [6.07, 6.45) is 2.52. The number of benzene rings is 1. The molecule has 0 bridgehead atoms. The minimum atomic E-state index is -0.0637. The molecule has 152 valence electrons. The maximum atomic E-state index is 11.1. The van der Waals surface area contributed by atoms with E-state index in [0.29, 0.717) is 6.54 Å². The molecule has 0 aliphatic heterocycles. The first kappa shape index (κ1) is 21.5. The molecule has 0 saturated carbocycles. The van der Waals surface area contributed by atoms with Crippen molar-refractivity contribution in [2.24, 2.45) is 4.99 Å². The summed E-state index contributed by atoms with van der Waals surface area (Å²) in [5.41, 5.74) is 4.08. The number of nitrogens with zero attached hydrogens (tertiary/aromatic N) is 2. The van der Waals surface area contributed by atoms with Crippen molar-refractivity contribution in [1.29, 1.82) is 0 Å². The van der Waals surface area contributed by atoms with E-state index in [4.69, 9.17) is 9.52 Å². The first-order chi connectivity index (χ1) is 13.6. The molecule has 1 aromatic carbocycles. The number of guanidine groups is 1. The quantitative estimate of drug-likeness (QED) is 0.456. The second-order valence-corrected chi connectivity index (χ2v) is 6.49. The fourth-order valence-corrected chi connectivity index (χ4v) is 2.90. The van der Waals surface area contributed by atoms with Gasteiger partial charge in [0.25, 0.3) is 0 Å². The highest BCUT2D eigenvalue weighted by molar-refractivity contribution is 5.88. The van der Waals surface area contributed by atoms with Crippen molar-refractivity contribution in [2.45, 2.75) is 53.5 Å². The maximum Gasteiger partial charge on any atom is 0.221 e. The monoisotopic (exact) mass is 385 g/mol. The van der Waals surface area contributed by atoms with Crippen LogP contribution < -0.4 is 16.0 Å². The topological polar surface area (TPSA) is 91.6 Å². The van der Waals surface area contributed by atoms with Crippen molar-refractivity contribution >= 4 is 17.6 Å². The highest BCUT2D eigenvalue weighted by Gasteiger charge is 2.13. The van der Waals surface area contributed by atoms with Crippen LogP contribution in [0.5, 0.6) is 0 Å². The highest BCUT2D eigenvalue weighted by atomic mass is 16.5. The molecule has 0 aliphatic rings. The average Bonchev–Trinajstić information content (AvgIpc) is 3.09. The molecule has 0 atom stereocenters. The number of carbonyl (C=O) groups excluding carboxylic acids is 1. The molecule has 1 aromatic heterocycles. The normalized spacial score (nSPS) is 11.4. The molecule has 28 heavy (non-hydrogen) atoms. The van der Waals surface area contributed by atoms with Crippen molar-refractivity contribution in [3.63, 3.8) is 0 Å². The van der Waals surface area contributed by atoms with Gasteiger partial charge in [0.15, 0.2) is 5.96 Å². The number of nitrogens with one attached hydrogen (secondary N) is 3. The van der Waals surface area contributed by atoms with Crippen molar-refractivity contribution < 1.29 is 9.32 Å². The van der Waals surface area contributed by atoms with Crippen LogP contribution >= 0.6 is 0 Å². The Kier molecular flexibility index (Phi) is 8.52. The molecule has 0 aliphatic carbocycles. The molecule has 2 rings (SSSR count). The van der Waals surface area contributed by atoms with E-state index in [2.05, 4.69) is 35.0 Å². The number of aromatic nitrogens is 1. The Morgan fingerprint density at radius 1 is 1.11 bits per heavy atom. The van der Waals surface area contributed by atoms with E-state index in [1.807, 2.05) is 31.2 Å². The predicted octanol–water partition coefficient (Wildman–Crippen LogP) is 3.06. The minimum Gasteiger partial charge on any atom is -0.361 e. The third-order valence-corrected chi connectivity index (χ3v) is 4.33. The predicted molar refractivity (Wildman–Crippen MR) is 113 cm³/mol. The van der Waals surface area contributed by atoms with Crippen LogP contribution in [0.15, 0.2) is 33.8 Å². The van der Waals surface area contributed by atoms with Gasteiger partial charge in [-0.05, 0) is 37.5 Å². The third-order valence-electron chi connectivity index (χ3n) is 4.33. The lowest BCUT2D eigenvalue weighted by molar-refractivity contribution is -0.114. The molecule has 2 aromatic rings. The van der Waals surface area contributed by atoms with Crippen LogP contribution in [0.2, 0.25) is 0 Å². The maximum absolute atomic E-state index is 11.1. The van der Waals surface area contributed by atoms with Gasteiger partial charge in [0, 0.05) is 37.7 Å². The molecular formula is C21H31N5O2. The van der Waals surface area contributed by atoms with Crippen molar-refractivity contribution in [1.82, 2.24) is 15.8 Å². The van der Waals surface area contributed by atoms with Crippen LogP contribution in [-0.2, 0) is 30.6 Å². The molecule has 1 amide bonds. The van der Waals surface area contributed by atoms with Crippen LogP contribution in [0.25, 0.3) is 0 Å². The van der Waals surface area contributed by atoms with E-state index >= 15 is 0 Å². The molecular weight excluding hydrogens is 354 g/mol. The summed E-state index contributed by atoms with van der Waals surface area (Å²) in [5, 5.41) is 13.6. The van der Waals surface area contributed by atoms with Crippen molar-refractivity contribution in [3.05, 3.63) is 46.8 Å². The molecule has 0 unspecified atom stereocenters. The van der Waals surface area contributed by atoms with Crippen molar-refractivity contribution in [2.75, 3.05) is 18.4 Å². The molecule has 1 heterocycles. The highest BCUT2D eigenvalue weighted by Crippen LogP contribution is 2.16. The van der Waals surface area contributed by atoms with Crippen LogP contribution in [0.3, 0.4) is 0 Å². The van der Waals surface area contributed by atoms with Gasteiger partial charge >= 0.3 is 0 Å². The summed E-state index contributed by atoms with van der Waals surface area (Å²) < 4.78 is 5.41. The molecule has 7 nitrogen and oxygen atoms in total. The Bertz CT molecular complexity index is 759. The van der Waals surface area contributed by atoms with Crippen LogP contribution in [0.4, 0.5) is 5.69 Å². The fraction of sp³-hybridized carbons (Fsp3) is 0.476. The molecule has 0 radical (unpaired) electrons. The van der Waals surface area contributed by atoms with Gasteiger partial charge in [-0.25, -0.2) is 4.99 Å². The molecule has 0 fully saturated rings. The number of carbonyl (C=O) groups is 1. The lowest BCUT2D eigenvalue weighted by atomic mass is 10.1. The minimum absolute atomic E-state index is 0.0637. The van der Waals surface area contributed by atoms with E-state index in [-0.39, 0.29) is 5.91 Å². The fourth-order valence-electron chi connectivity index (χ4n) is 2.90. The van der Waals surface area contributed by atoms with E-state index in [1.165, 1.54) is 12.5 Å². The third kappa shape index (κ3) is 6.40. The Balaban J connectivity index is 1.93. The van der Waals surface area contributed by atoms with Gasteiger partial charge in [0.1, 0.15) is 5.76 Å². The largest absolute Gasteiger partial charge is 0.361 e. The second kappa shape index (κ2) is 11.1. The Morgan fingerprint density at radius 3 is 2.46 bits per heavy atom. The average molecular weight is 386 g/mol. The first-order valence-corrected chi connectivity index (χ1v) is 9.92. The van der Waals surface area contributed by atoms with E-state index < -0.39 is 0 Å². The summed E-state index contributed by atoms with van der Waals surface area (Å²) in [4.78, 5) is 15.8. The summed E-state index contributed by atoms with van der Waals surface area (Å²) in [6.45, 7) is 9.80. The second-order valence-electron chi connectivity index (χ2n) is 6.49. The van der Waals surface area contributed by atoms with Crippen LogP contribution in [0.1, 0.15) is 50.3 Å². The standard InChI is InChI=1S/C21H31N5O2/c1-5-19-18(20(6-2)28-26-19)14-24-21(22-7-3)23-13-12-16-8-10-17(11-9-16)25-15(4)27/h8-11H,5-7,12-14H2,1-4H3,(H,25,27)(H2,22,23,24). The van der Waals surface area contributed by atoms with Crippen LogP contribution in [0, 0.1) is 0 Å². The summed E-state index contributed by atoms with van der Waals surface area (Å²) >= 11 is 0. The number of anilines is 1. The van der Waals surface area contributed by atoms with Gasteiger partial charge in [-0.3, -0.25) is 4.79 Å². The molecule has 0 saturated heterocycles.